The zero-order chi connectivity index (χ0) is 15.9. The Labute approximate surface area is 154 Å². The van der Waals surface area contributed by atoms with Crippen LogP contribution in [0, 0.1) is 19.7 Å². The van der Waals surface area contributed by atoms with E-state index < -0.39 is 0 Å². The summed E-state index contributed by atoms with van der Waals surface area (Å²) >= 11 is 0. The third-order valence-electron chi connectivity index (χ3n) is 3.63. The molecule has 2 rings (SSSR count). The van der Waals surface area contributed by atoms with E-state index in [1.807, 2.05) is 18.2 Å². The molecule has 0 aliphatic rings. The molecule has 2 aromatic rings. The number of benzene rings is 2. The molecule has 2 aromatic carbocycles. The van der Waals surface area contributed by atoms with Crippen LogP contribution in [-0.2, 0) is 13.1 Å². The van der Waals surface area contributed by atoms with Gasteiger partial charge in [0.25, 0.3) is 0 Å². The first kappa shape index (κ1) is 19.4. The number of nitrogens with one attached hydrogen (secondary N) is 2. The first-order valence-electron chi connectivity index (χ1n) is 7.34. The molecule has 0 spiro atoms. The van der Waals surface area contributed by atoms with Gasteiger partial charge in [-0.2, -0.15) is 0 Å². The Kier molecular flexibility index (Phi) is 8.02. The molecule has 23 heavy (non-hydrogen) atoms. The molecule has 0 saturated heterocycles. The van der Waals surface area contributed by atoms with Gasteiger partial charge in [0.15, 0.2) is 5.96 Å². The SMILES string of the molecule is CN=C(NCc1ccc(C)c(F)c1)NCc1ccccc1C.I. The van der Waals surface area contributed by atoms with E-state index in [2.05, 4.69) is 34.7 Å². The van der Waals surface area contributed by atoms with Crippen molar-refractivity contribution < 1.29 is 4.39 Å². The molecule has 0 aliphatic carbocycles. The van der Waals surface area contributed by atoms with Crippen LogP contribution in [0.2, 0.25) is 0 Å². The van der Waals surface area contributed by atoms with E-state index >= 15 is 0 Å². The molecule has 0 fully saturated rings. The molecule has 3 nitrogen and oxygen atoms in total. The van der Waals surface area contributed by atoms with Crippen molar-refractivity contribution >= 4 is 29.9 Å². The number of halogens is 2. The summed E-state index contributed by atoms with van der Waals surface area (Å²) < 4.78 is 13.5. The predicted octanol–water partition coefficient (Wildman–Crippen LogP) is 3.93. The first-order valence-corrected chi connectivity index (χ1v) is 7.34. The Morgan fingerprint density at radius 3 is 2.35 bits per heavy atom. The number of rotatable bonds is 4. The van der Waals surface area contributed by atoms with Crippen LogP contribution in [0.1, 0.15) is 22.3 Å². The summed E-state index contributed by atoms with van der Waals surface area (Å²) in [6.07, 6.45) is 0. The standard InChI is InChI=1S/C18H22FN3.HI/c1-13-6-4-5-7-16(13)12-22-18(20-3)21-11-15-9-8-14(2)17(19)10-15;/h4-10H,11-12H2,1-3H3,(H2,20,21,22);1H. The van der Waals surface area contributed by atoms with Crippen molar-refractivity contribution in [3.05, 3.63) is 70.5 Å². The monoisotopic (exact) mass is 427 g/mol. The van der Waals surface area contributed by atoms with Crippen molar-refractivity contribution in [1.29, 1.82) is 0 Å². The molecule has 2 N–H and O–H groups in total. The van der Waals surface area contributed by atoms with Gasteiger partial charge in [0.1, 0.15) is 5.82 Å². The van der Waals surface area contributed by atoms with E-state index in [1.165, 1.54) is 11.1 Å². The van der Waals surface area contributed by atoms with E-state index in [4.69, 9.17) is 0 Å². The van der Waals surface area contributed by atoms with Crippen molar-refractivity contribution in [2.45, 2.75) is 26.9 Å². The van der Waals surface area contributed by atoms with Gasteiger partial charge in [0, 0.05) is 20.1 Å². The van der Waals surface area contributed by atoms with Crippen LogP contribution >= 0.6 is 24.0 Å². The van der Waals surface area contributed by atoms with Gasteiger partial charge in [-0.1, -0.05) is 36.4 Å². The van der Waals surface area contributed by atoms with E-state index in [0.29, 0.717) is 24.6 Å². The largest absolute Gasteiger partial charge is 0.352 e. The minimum absolute atomic E-state index is 0. The summed E-state index contributed by atoms with van der Waals surface area (Å²) in [6, 6.07) is 13.5. The average molecular weight is 427 g/mol. The molecule has 0 saturated carbocycles. The molecule has 0 bridgehead atoms. The fraction of sp³-hybridized carbons (Fsp3) is 0.278. The van der Waals surface area contributed by atoms with E-state index in [9.17, 15) is 4.39 Å². The van der Waals surface area contributed by atoms with Gasteiger partial charge in [0.05, 0.1) is 0 Å². The highest BCUT2D eigenvalue weighted by Gasteiger charge is 2.03. The van der Waals surface area contributed by atoms with Crippen LogP contribution in [-0.4, -0.2) is 13.0 Å². The fourth-order valence-corrected chi connectivity index (χ4v) is 2.14. The maximum atomic E-state index is 13.5. The summed E-state index contributed by atoms with van der Waals surface area (Å²) in [5, 5.41) is 6.46. The summed E-state index contributed by atoms with van der Waals surface area (Å²) in [6.45, 7) is 5.08. The maximum Gasteiger partial charge on any atom is 0.191 e. The molecular weight excluding hydrogens is 404 g/mol. The normalized spacial score (nSPS) is 10.9. The number of hydrogen-bond donors (Lipinski definition) is 2. The van der Waals surface area contributed by atoms with Gasteiger partial charge in [-0.05, 0) is 42.2 Å². The van der Waals surface area contributed by atoms with Crippen molar-refractivity contribution in [1.82, 2.24) is 10.6 Å². The summed E-state index contributed by atoms with van der Waals surface area (Å²) in [5.41, 5.74) is 4.02. The Morgan fingerprint density at radius 2 is 1.70 bits per heavy atom. The minimum atomic E-state index is -0.179. The van der Waals surface area contributed by atoms with Gasteiger partial charge in [-0.25, -0.2) is 4.39 Å². The smallest absolute Gasteiger partial charge is 0.191 e. The van der Waals surface area contributed by atoms with Crippen LogP contribution in [0.5, 0.6) is 0 Å². The van der Waals surface area contributed by atoms with Crippen molar-refractivity contribution in [2.75, 3.05) is 7.05 Å². The topological polar surface area (TPSA) is 36.4 Å². The summed E-state index contributed by atoms with van der Waals surface area (Å²) in [4.78, 5) is 4.19. The van der Waals surface area contributed by atoms with E-state index in [0.717, 1.165) is 5.56 Å². The number of guanidine groups is 1. The van der Waals surface area contributed by atoms with Crippen LogP contribution in [0.3, 0.4) is 0 Å². The highest BCUT2D eigenvalue weighted by molar-refractivity contribution is 14.0. The van der Waals surface area contributed by atoms with Crippen molar-refractivity contribution in [3.8, 4) is 0 Å². The second-order valence-electron chi connectivity index (χ2n) is 5.29. The van der Waals surface area contributed by atoms with Crippen LogP contribution in [0.4, 0.5) is 4.39 Å². The Balaban J connectivity index is 0.00000264. The highest BCUT2D eigenvalue weighted by Crippen LogP contribution is 2.09. The average Bonchev–Trinajstić information content (AvgIpc) is 2.52. The quantitative estimate of drug-likeness (QED) is 0.441. The van der Waals surface area contributed by atoms with Crippen molar-refractivity contribution in [2.24, 2.45) is 4.99 Å². The highest BCUT2D eigenvalue weighted by atomic mass is 127. The lowest BCUT2D eigenvalue weighted by Gasteiger charge is -2.13. The van der Waals surface area contributed by atoms with E-state index in [1.54, 1.807) is 26.1 Å². The predicted molar refractivity (Wildman–Crippen MR) is 105 cm³/mol. The summed E-state index contributed by atoms with van der Waals surface area (Å²) in [5.74, 6) is 0.520. The van der Waals surface area contributed by atoms with Gasteiger partial charge >= 0.3 is 0 Å². The van der Waals surface area contributed by atoms with Crippen LogP contribution in [0.15, 0.2) is 47.5 Å². The lowest BCUT2D eigenvalue weighted by Crippen LogP contribution is -2.36. The molecule has 0 amide bonds. The summed E-state index contributed by atoms with van der Waals surface area (Å²) in [7, 11) is 1.73. The number of hydrogen-bond acceptors (Lipinski definition) is 1. The number of aryl methyl sites for hydroxylation is 2. The van der Waals surface area contributed by atoms with Gasteiger partial charge in [-0.15, -0.1) is 24.0 Å². The molecule has 0 aromatic heterocycles. The Hall–Kier alpha value is -1.63. The molecule has 124 valence electrons. The Bertz CT molecular complexity index is 671. The van der Waals surface area contributed by atoms with Gasteiger partial charge in [0.2, 0.25) is 0 Å². The molecular formula is C18H23FIN3. The Morgan fingerprint density at radius 1 is 1.00 bits per heavy atom. The molecule has 0 atom stereocenters. The van der Waals surface area contributed by atoms with E-state index in [-0.39, 0.29) is 29.8 Å². The van der Waals surface area contributed by atoms with Crippen molar-refractivity contribution in [3.63, 3.8) is 0 Å². The minimum Gasteiger partial charge on any atom is -0.352 e. The third-order valence-corrected chi connectivity index (χ3v) is 3.63. The molecule has 0 unspecified atom stereocenters. The fourth-order valence-electron chi connectivity index (χ4n) is 2.14. The van der Waals surface area contributed by atoms with Gasteiger partial charge < -0.3 is 10.6 Å². The second kappa shape index (κ2) is 9.50. The molecule has 0 aliphatic heterocycles. The number of nitrogens with zero attached hydrogens (tertiary/aromatic N) is 1. The lowest BCUT2D eigenvalue weighted by atomic mass is 10.1. The molecule has 5 heteroatoms. The zero-order valence-electron chi connectivity index (χ0n) is 13.7. The third kappa shape index (κ3) is 5.82. The van der Waals surface area contributed by atoms with Gasteiger partial charge in [-0.3, -0.25) is 4.99 Å². The number of aliphatic imine (C=N–C) groups is 1. The first-order chi connectivity index (χ1) is 10.6. The molecule has 0 radical (unpaired) electrons. The zero-order valence-corrected chi connectivity index (χ0v) is 16.0. The van der Waals surface area contributed by atoms with Crippen LogP contribution < -0.4 is 10.6 Å². The van der Waals surface area contributed by atoms with Crippen LogP contribution in [0.25, 0.3) is 0 Å². The molecule has 0 heterocycles. The lowest BCUT2D eigenvalue weighted by molar-refractivity contribution is 0.615. The maximum absolute atomic E-state index is 13.5. The second-order valence-corrected chi connectivity index (χ2v) is 5.29.